The second-order valence-corrected chi connectivity index (χ2v) is 7.78. The lowest BCUT2D eigenvalue weighted by Crippen LogP contribution is -2.42. The zero-order valence-corrected chi connectivity index (χ0v) is 14.5. The summed E-state index contributed by atoms with van der Waals surface area (Å²) < 4.78 is 11.7. The third-order valence-electron chi connectivity index (χ3n) is 5.73. The maximum atomic E-state index is 12.1. The number of carbonyl (C=O) groups is 1. The maximum Gasteiger partial charge on any atom is 0.222 e. The first kappa shape index (κ1) is 16.2. The summed E-state index contributed by atoms with van der Waals surface area (Å²) in [7, 11) is 0. The van der Waals surface area contributed by atoms with Crippen LogP contribution in [0.4, 0.5) is 0 Å². The predicted molar refractivity (Wildman–Crippen MR) is 90.4 cm³/mol. The minimum Gasteiger partial charge on any atom is -0.465 e. The van der Waals surface area contributed by atoms with Gasteiger partial charge in [0.2, 0.25) is 5.91 Å². The number of rotatable bonds is 6. The molecule has 24 heavy (non-hydrogen) atoms. The van der Waals surface area contributed by atoms with Crippen molar-refractivity contribution in [1.29, 1.82) is 0 Å². The van der Waals surface area contributed by atoms with Gasteiger partial charge in [0.05, 0.1) is 25.7 Å². The van der Waals surface area contributed by atoms with Gasteiger partial charge in [0.15, 0.2) is 0 Å². The van der Waals surface area contributed by atoms with Crippen LogP contribution in [-0.2, 0) is 16.1 Å². The van der Waals surface area contributed by atoms with E-state index in [0.717, 1.165) is 56.6 Å². The van der Waals surface area contributed by atoms with E-state index in [0.29, 0.717) is 18.3 Å². The molecule has 132 valence electrons. The number of likely N-dealkylation sites (tertiary alicyclic amines) is 1. The molecule has 1 N–H and O–H groups in total. The summed E-state index contributed by atoms with van der Waals surface area (Å²) in [5, 5.41) is 3.07. The zero-order valence-electron chi connectivity index (χ0n) is 14.5. The Morgan fingerprint density at radius 3 is 2.96 bits per heavy atom. The fraction of sp³-hybridized carbons (Fsp3) is 0.737. The lowest BCUT2D eigenvalue weighted by atomic mass is 9.83. The Balaban J connectivity index is 1.25. The highest BCUT2D eigenvalue weighted by molar-refractivity contribution is 5.76. The van der Waals surface area contributed by atoms with Crippen LogP contribution >= 0.6 is 0 Å². The van der Waals surface area contributed by atoms with Gasteiger partial charge in [0.25, 0.3) is 0 Å². The van der Waals surface area contributed by atoms with Crippen LogP contribution in [0, 0.1) is 24.7 Å². The lowest BCUT2D eigenvalue weighted by molar-refractivity contribution is -0.123. The fourth-order valence-corrected chi connectivity index (χ4v) is 4.14. The van der Waals surface area contributed by atoms with E-state index >= 15 is 0 Å². The van der Waals surface area contributed by atoms with Crippen LogP contribution in [0.15, 0.2) is 16.5 Å². The molecule has 5 heteroatoms. The van der Waals surface area contributed by atoms with Crippen molar-refractivity contribution in [2.45, 2.75) is 45.3 Å². The number of fused-ring (bicyclic) bond motifs is 1. The third-order valence-corrected chi connectivity index (χ3v) is 5.73. The first-order chi connectivity index (χ1) is 11.7. The summed E-state index contributed by atoms with van der Waals surface area (Å²) in [6.07, 6.45) is 4.31. The van der Waals surface area contributed by atoms with Crippen LogP contribution in [0.5, 0.6) is 0 Å². The van der Waals surface area contributed by atoms with Crippen molar-refractivity contribution in [2.24, 2.45) is 17.8 Å². The van der Waals surface area contributed by atoms with E-state index < -0.39 is 0 Å². The van der Waals surface area contributed by atoms with Crippen LogP contribution in [0.3, 0.4) is 0 Å². The average Bonchev–Trinajstić information content (AvgIpc) is 3.20. The summed E-state index contributed by atoms with van der Waals surface area (Å²) in [5.74, 6) is 4.00. The number of nitrogens with zero attached hydrogens (tertiary/aromatic N) is 1. The quantitative estimate of drug-likeness (QED) is 0.869. The van der Waals surface area contributed by atoms with Crippen molar-refractivity contribution in [1.82, 2.24) is 10.2 Å². The zero-order chi connectivity index (χ0) is 16.5. The largest absolute Gasteiger partial charge is 0.465 e. The van der Waals surface area contributed by atoms with Gasteiger partial charge >= 0.3 is 0 Å². The monoisotopic (exact) mass is 332 g/mol. The normalized spacial score (nSPS) is 30.3. The highest BCUT2D eigenvalue weighted by Crippen LogP contribution is 2.36. The minimum absolute atomic E-state index is 0.113. The van der Waals surface area contributed by atoms with Crippen molar-refractivity contribution in [3.05, 3.63) is 23.7 Å². The highest BCUT2D eigenvalue weighted by Gasteiger charge is 2.41. The highest BCUT2D eigenvalue weighted by atomic mass is 16.5. The first-order valence-electron chi connectivity index (χ1n) is 9.33. The molecule has 4 rings (SSSR count). The van der Waals surface area contributed by atoms with Crippen LogP contribution in [0.25, 0.3) is 0 Å². The van der Waals surface area contributed by atoms with Gasteiger partial charge in [-0.25, -0.2) is 0 Å². The molecule has 2 saturated heterocycles. The summed E-state index contributed by atoms with van der Waals surface area (Å²) >= 11 is 0. The standard InChI is InChI=1S/C19H28N2O3/c1-13-2-5-16(24-13)11-21-7-6-17-15(10-21)12-23-18(17)8-19(22)20-9-14-3-4-14/h2,5,14-15,17-18H,3-4,6-12H2,1H3,(H,20,22)/t15-,17-,18+/m1/s1. The number of furan rings is 1. The van der Waals surface area contributed by atoms with Gasteiger partial charge in [-0.2, -0.15) is 0 Å². The predicted octanol–water partition coefficient (Wildman–Crippen LogP) is 2.34. The molecule has 5 nitrogen and oxygen atoms in total. The Hall–Kier alpha value is -1.33. The molecule has 2 aliphatic heterocycles. The van der Waals surface area contributed by atoms with Gasteiger partial charge < -0.3 is 14.5 Å². The van der Waals surface area contributed by atoms with Crippen molar-refractivity contribution < 1.29 is 13.9 Å². The van der Waals surface area contributed by atoms with E-state index in [-0.39, 0.29) is 12.0 Å². The maximum absolute atomic E-state index is 12.1. The molecule has 3 aliphatic rings. The third kappa shape index (κ3) is 3.83. The van der Waals surface area contributed by atoms with Crippen LogP contribution in [0.1, 0.15) is 37.2 Å². The molecule has 1 aromatic rings. The van der Waals surface area contributed by atoms with Crippen molar-refractivity contribution in [3.63, 3.8) is 0 Å². The number of ether oxygens (including phenoxy) is 1. The molecule has 1 saturated carbocycles. The van der Waals surface area contributed by atoms with Gasteiger partial charge in [-0.15, -0.1) is 0 Å². The van der Waals surface area contributed by atoms with Crippen LogP contribution < -0.4 is 5.32 Å². The van der Waals surface area contributed by atoms with Gasteiger partial charge in [-0.05, 0) is 56.7 Å². The number of nitrogens with one attached hydrogen (secondary N) is 1. The molecule has 0 unspecified atom stereocenters. The van der Waals surface area contributed by atoms with E-state index in [9.17, 15) is 4.79 Å². The molecular weight excluding hydrogens is 304 g/mol. The lowest BCUT2D eigenvalue weighted by Gasteiger charge is -2.35. The fourth-order valence-electron chi connectivity index (χ4n) is 4.14. The van der Waals surface area contributed by atoms with Gasteiger partial charge in [0.1, 0.15) is 11.5 Å². The van der Waals surface area contributed by atoms with Crippen molar-refractivity contribution in [2.75, 3.05) is 26.2 Å². The Bertz CT molecular complexity index is 581. The smallest absolute Gasteiger partial charge is 0.222 e. The number of hydrogen-bond donors (Lipinski definition) is 1. The number of piperidine rings is 1. The van der Waals surface area contributed by atoms with E-state index in [1.165, 1.54) is 12.8 Å². The molecule has 3 heterocycles. The Labute approximate surface area is 143 Å². The molecule has 1 amide bonds. The number of hydrogen-bond acceptors (Lipinski definition) is 4. The van der Waals surface area contributed by atoms with E-state index in [1.54, 1.807) is 0 Å². The molecule has 0 radical (unpaired) electrons. The molecule has 1 aromatic heterocycles. The first-order valence-corrected chi connectivity index (χ1v) is 9.33. The van der Waals surface area contributed by atoms with Gasteiger partial charge in [-0.1, -0.05) is 0 Å². The second kappa shape index (κ2) is 6.89. The molecule has 0 spiro atoms. The molecule has 0 bridgehead atoms. The summed E-state index contributed by atoms with van der Waals surface area (Å²) in [4.78, 5) is 14.6. The summed E-state index contributed by atoms with van der Waals surface area (Å²) in [5.41, 5.74) is 0. The topological polar surface area (TPSA) is 54.7 Å². The second-order valence-electron chi connectivity index (χ2n) is 7.78. The van der Waals surface area contributed by atoms with Gasteiger partial charge in [0, 0.05) is 19.0 Å². The Morgan fingerprint density at radius 1 is 1.33 bits per heavy atom. The van der Waals surface area contributed by atoms with Crippen LogP contribution in [0.2, 0.25) is 0 Å². The molecule has 3 fully saturated rings. The average molecular weight is 332 g/mol. The minimum atomic E-state index is 0.113. The van der Waals surface area contributed by atoms with E-state index in [2.05, 4.69) is 16.3 Å². The molecule has 0 aromatic carbocycles. The summed E-state index contributed by atoms with van der Waals surface area (Å²) in [6, 6.07) is 4.09. The number of aryl methyl sites for hydroxylation is 1. The molecular formula is C19H28N2O3. The van der Waals surface area contributed by atoms with E-state index in [4.69, 9.17) is 9.15 Å². The molecule has 3 atom stereocenters. The number of carbonyl (C=O) groups excluding carboxylic acids is 1. The van der Waals surface area contributed by atoms with Crippen LogP contribution in [-0.4, -0.2) is 43.2 Å². The summed E-state index contributed by atoms with van der Waals surface area (Å²) in [6.45, 7) is 6.62. The van der Waals surface area contributed by atoms with Gasteiger partial charge in [-0.3, -0.25) is 9.69 Å². The SMILES string of the molecule is Cc1ccc(CN2CC[C@@H]3[C@@H](CO[C@H]3CC(=O)NCC3CC3)C2)o1. The van der Waals surface area contributed by atoms with Crippen molar-refractivity contribution in [3.8, 4) is 0 Å². The van der Waals surface area contributed by atoms with E-state index in [1.807, 2.05) is 13.0 Å². The molecule has 1 aliphatic carbocycles. The Kier molecular flexibility index (Phi) is 4.63. The Morgan fingerprint density at radius 2 is 2.21 bits per heavy atom. The van der Waals surface area contributed by atoms with Crippen molar-refractivity contribution >= 4 is 5.91 Å². The number of amides is 1.